The summed E-state index contributed by atoms with van der Waals surface area (Å²) in [5.74, 6) is -0.492. The topological polar surface area (TPSA) is 48.3 Å². The number of esters is 1. The largest absolute Gasteiger partial charge is 0.462 e. The van der Waals surface area contributed by atoms with Gasteiger partial charge in [-0.05, 0) is 19.8 Å². The van der Waals surface area contributed by atoms with Crippen LogP contribution in [0.1, 0.15) is 29.4 Å². The Morgan fingerprint density at radius 2 is 2.40 bits per heavy atom. The summed E-state index contributed by atoms with van der Waals surface area (Å²) in [6, 6.07) is 1.43. The normalized spacial score (nSPS) is 13.7. The summed E-state index contributed by atoms with van der Waals surface area (Å²) in [7, 11) is 0. The van der Waals surface area contributed by atoms with Crippen molar-refractivity contribution in [3.8, 4) is 0 Å². The van der Waals surface area contributed by atoms with Gasteiger partial charge >= 0.3 is 5.97 Å². The molecular formula is C11H13NO3. The lowest BCUT2D eigenvalue weighted by atomic mass is 10.1. The van der Waals surface area contributed by atoms with Crippen molar-refractivity contribution < 1.29 is 9.53 Å². The summed E-state index contributed by atoms with van der Waals surface area (Å²) < 4.78 is 6.83. The van der Waals surface area contributed by atoms with E-state index in [2.05, 4.69) is 0 Å². The highest BCUT2D eigenvalue weighted by Gasteiger charge is 2.21. The quantitative estimate of drug-likeness (QED) is 0.679. The second kappa shape index (κ2) is 3.88. The summed E-state index contributed by atoms with van der Waals surface area (Å²) in [5.41, 5.74) is 0.805. The predicted molar refractivity (Wildman–Crippen MR) is 55.0 cm³/mol. The number of hydrogen-bond donors (Lipinski definition) is 0. The van der Waals surface area contributed by atoms with Gasteiger partial charge in [0.05, 0.1) is 6.61 Å². The van der Waals surface area contributed by atoms with E-state index < -0.39 is 5.97 Å². The highest BCUT2D eigenvalue weighted by Crippen LogP contribution is 2.16. The number of carbonyl (C=O) groups excluding carboxylic acids is 1. The molecule has 0 unspecified atom stereocenters. The zero-order valence-electron chi connectivity index (χ0n) is 8.66. The van der Waals surface area contributed by atoms with Gasteiger partial charge < -0.3 is 9.30 Å². The number of ether oxygens (including phenoxy) is 1. The fourth-order valence-corrected chi connectivity index (χ4v) is 1.93. The molecule has 0 aliphatic carbocycles. The minimum Gasteiger partial charge on any atom is -0.462 e. The number of pyridine rings is 1. The molecule has 2 rings (SSSR count). The number of hydrogen-bond acceptors (Lipinski definition) is 3. The molecule has 15 heavy (non-hydrogen) atoms. The van der Waals surface area contributed by atoms with Crippen LogP contribution in [-0.4, -0.2) is 17.1 Å². The van der Waals surface area contributed by atoms with Gasteiger partial charge in [-0.2, -0.15) is 0 Å². The van der Waals surface area contributed by atoms with E-state index in [0.717, 1.165) is 25.1 Å². The first-order chi connectivity index (χ1) is 7.24. The summed E-state index contributed by atoms with van der Waals surface area (Å²) in [5, 5.41) is 0. The number of fused-ring (bicyclic) bond motifs is 1. The first-order valence-corrected chi connectivity index (χ1v) is 5.13. The van der Waals surface area contributed by atoms with Crippen molar-refractivity contribution in [3.05, 3.63) is 33.7 Å². The van der Waals surface area contributed by atoms with Crippen LogP contribution in [0.2, 0.25) is 0 Å². The lowest BCUT2D eigenvalue weighted by Gasteiger charge is -2.08. The number of nitrogens with zero attached hydrogens (tertiary/aromatic N) is 1. The maximum Gasteiger partial charge on any atom is 0.343 e. The zero-order chi connectivity index (χ0) is 10.8. The molecule has 1 aromatic heterocycles. The third-order valence-corrected chi connectivity index (χ3v) is 2.58. The molecule has 80 valence electrons. The van der Waals surface area contributed by atoms with Crippen LogP contribution in [0, 0.1) is 0 Å². The minimum atomic E-state index is -0.492. The van der Waals surface area contributed by atoms with Gasteiger partial charge in [-0.1, -0.05) is 0 Å². The number of rotatable bonds is 2. The Morgan fingerprint density at radius 3 is 3.13 bits per heavy atom. The Balaban J connectivity index is 2.50. The lowest BCUT2D eigenvalue weighted by molar-refractivity contribution is 0.0523. The molecule has 0 radical (unpaired) electrons. The van der Waals surface area contributed by atoms with Gasteiger partial charge in [0, 0.05) is 24.5 Å². The predicted octanol–water partition coefficient (Wildman–Crippen LogP) is 0.971. The highest BCUT2D eigenvalue weighted by molar-refractivity contribution is 5.90. The van der Waals surface area contributed by atoms with Gasteiger partial charge in [0.25, 0.3) is 0 Å². The number of aromatic nitrogens is 1. The van der Waals surface area contributed by atoms with Crippen molar-refractivity contribution in [3.63, 3.8) is 0 Å². The Kier molecular flexibility index (Phi) is 2.58. The molecule has 1 aliphatic heterocycles. The first kappa shape index (κ1) is 9.96. The van der Waals surface area contributed by atoms with E-state index >= 15 is 0 Å². The lowest BCUT2D eigenvalue weighted by Crippen LogP contribution is -2.21. The third-order valence-electron chi connectivity index (χ3n) is 2.58. The zero-order valence-corrected chi connectivity index (χ0v) is 8.66. The molecule has 0 aromatic carbocycles. The SMILES string of the molecule is CCOC(=O)c1c2n(ccc1=O)CCC2. The second-order valence-corrected chi connectivity index (χ2v) is 3.52. The summed E-state index contributed by atoms with van der Waals surface area (Å²) >= 11 is 0. The molecule has 1 aliphatic rings. The molecule has 2 heterocycles. The minimum absolute atomic E-state index is 0.219. The Hall–Kier alpha value is -1.58. The van der Waals surface area contributed by atoms with Crippen LogP contribution in [0.5, 0.6) is 0 Å². The Labute approximate surface area is 87.5 Å². The molecule has 0 bridgehead atoms. The maximum absolute atomic E-state index is 11.6. The molecule has 4 heteroatoms. The maximum atomic E-state index is 11.6. The fraction of sp³-hybridized carbons (Fsp3) is 0.455. The molecule has 0 atom stereocenters. The van der Waals surface area contributed by atoms with E-state index in [4.69, 9.17) is 4.74 Å². The van der Waals surface area contributed by atoms with Crippen LogP contribution >= 0.6 is 0 Å². The van der Waals surface area contributed by atoms with Gasteiger partial charge in [-0.25, -0.2) is 4.79 Å². The van der Waals surface area contributed by atoms with Crippen LogP contribution in [0.25, 0.3) is 0 Å². The van der Waals surface area contributed by atoms with Crippen molar-refractivity contribution in [1.82, 2.24) is 4.57 Å². The summed E-state index contributed by atoms with van der Waals surface area (Å²) in [6.45, 7) is 2.91. The average Bonchev–Trinajstić information content (AvgIpc) is 2.65. The van der Waals surface area contributed by atoms with Crippen molar-refractivity contribution in [2.24, 2.45) is 0 Å². The number of carbonyl (C=O) groups is 1. The molecule has 0 N–H and O–H groups in total. The Morgan fingerprint density at radius 1 is 1.60 bits per heavy atom. The van der Waals surface area contributed by atoms with E-state index in [1.807, 2.05) is 4.57 Å². The van der Waals surface area contributed by atoms with Crippen LogP contribution in [0.15, 0.2) is 17.1 Å². The molecule has 1 aromatic rings. The standard InChI is InChI=1S/C11H13NO3/c1-2-15-11(14)10-8-4-3-6-12(8)7-5-9(10)13/h5,7H,2-4,6H2,1H3. The molecule has 0 saturated carbocycles. The molecule has 0 saturated heterocycles. The summed E-state index contributed by atoms with van der Waals surface area (Å²) in [4.78, 5) is 23.2. The van der Waals surface area contributed by atoms with E-state index in [1.54, 1.807) is 13.1 Å². The van der Waals surface area contributed by atoms with Crippen molar-refractivity contribution >= 4 is 5.97 Å². The van der Waals surface area contributed by atoms with Crippen molar-refractivity contribution in [2.75, 3.05) is 6.61 Å². The van der Waals surface area contributed by atoms with E-state index in [9.17, 15) is 9.59 Å². The first-order valence-electron chi connectivity index (χ1n) is 5.13. The fourth-order valence-electron chi connectivity index (χ4n) is 1.93. The van der Waals surface area contributed by atoms with Gasteiger partial charge in [-0.3, -0.25) is 4.79 Å². The van der Waals surface area contributed by atoms with Crippen LogP contribution in [0.3, 0.4) is 0 Å². The third kappa shape index (κ3) is 1.67. The average molecular weight is 207 g/mol. The highest BCUT2D eigenvalue weighted by atomic mass is 16.5. The second-order valence-electron chi connectivity index (χ2n) is 3.52. The van der Waals surface area contributed by atoms with Gasteiger partial charge in [0.2, 0.25) is 0 Å². The Bertz CT molecular complexity index is 448. The summed E-state index contributed by atoms with van der Waals surface area (Å²) in [6.07, 6.45) is 3.51. The van der Waals surface area contributed by atoms with Crippen LogP contribution in [-0.2, 0) is 17.7 Å². The van der Waals surface area contributed by atoms with E-state index in [-0.39, 0.29) is 11.0 Å². The molecular weight excluding hydrogens is 194 g/mol. The number of aryl methyl sites for hydroxylation is 1. The van der Waals surface area contributed by atoms with Gasteiger partial charge in [0.1, 0.15) is 5.56 Å². The van der Waals surface area contributed by atoms with Crippen LogP contribution < -0.4 is 5.43 Å². The van der Waals surface area contributed by atoms with Crippen molar-refractivity contribution in [1.29, 1.82) is 0 Å². The van der Waals surface area contributed by atoms with Crippen LogP contribution in [0.4, 0.5) is 0 Å². The molecule has 0 amide bonds. The van der Waals surface area contributed by atoms with E-state index in [1.165, 1.54) is 6.07 Å². The van der Waals surface area contributed by atoms with Gasteiger partial charge in [-0.15, -0.1) is 0 Å². The smallest absolute Gasteiger partial charge is 0.343 e. The van der Waals surface area contributed by atoms with Crippen molar-refractivity contribution in [2.45, 2.75) is 26.3 Å². The molecule has 0 fully saturated rings. The molecule has 0 spiro atoms. The monoisotopic (exact) mass is 207 g/mol. The van der Waals surface area contributed by atoms with E-state index in [0.29, 0.717) is 6.61 Å². The molecule has 4 nitrogen and oxygen atoms in total. The van der Waals surface area contributed by atoms with Gasteiger partial charge in [0.15, 0.2) is 5.43 Å².